The van der Waals surface area contributed by atoms with Crippen LogP contribution in [0.1, 0.15) is 26.7 Å². The molecule has 1 aliphatic carbocycles. The van der Waals surface area contributed by atoms with Crippen molar-refractivity contribution in [2.24, 2.45) is 17.3 Å². The highest BCUT2D eigenvalue weighted by Gasteiger charge is 2.51. The van der Waals surface area contributed by atoms with Crippen molar-refractivity contribution in [2.45, 2.75) is 26.7 Å². The van der Waals surface area contributed by atoms with Crippen LogP contribution < -0.4 is 10.6 Å². The highest BCUT2D eigenvalue weighted by Crippen LogP contribution is 2.53. The van der Waals surface area contributed by atoms with Crippen LogP contribution in [0.25, 0.3) is 0 Å². The fourth-order valence-corrected chi connectivity index (χ4v) is 2.44. The van der Waals surface area contributed by atoms with Crippen LogP contribution in [-0.4, -0.2) is 26.2 Å². The minimum absolute atomic E-state index is 0.726. The lowest BCUT2D eigenvalue weighted by Gasteiger charge is -2.18. The van der Waals surface area contributed by atoms with Gasteiger partial charge in [-0.1, -0.05) is 13.8 Å². The minimum Gasteiger partial charge on any atom is -0.316 e. The highest BCUT2D eigenvalue weighted by atomic mass is 15.0. The molecule has 2 N–H and O–H groups in total. The first-order valence-corrected chi connectivity index (χ1v) is 5.64. The van der Waals surface area contributed by atoms with Crippen molar-refractivity contribution >= 4 is 0 Å². The monoisotopic (exact) mass is 182 g/mol. The van der Waals surface area contributed by atoms with E-state index in [0.717, 1.165) is 17.3 Å². The van der Waals surface area contributed by atoms with Gasteiger partial charge in [0, 0.05) is 6.54 Å². The number of nitrogens with one attached hydrogen (secondary N) is 2. The van der Waals surface area contributed by atoms with E-state index in [9.17, 15) is 0 Å². The summed E-state index contributed by atoms with van der Waals surface area (Å²) in [5.41, 5.74) is 0.726. The Morgan fingerprint density at radius 2 is 2.23 bits per heavy atom. The van der Waals surface area contributed by atoms with Crippen LogP contribution in [0.5, 0.6) is 0 Å². The summed E-state index contributed by atoms with van der Waals surface area (Å²) in [4.78, 5) is 0. The molecule has 13 heavy (non-hydrogen) atoms. The zero-order valence-electron chi connectivity index (χ0n) is 8.90. The van der Waals surface area contributed by atoms with Gasteiger partial charge in [0.1, 0.15) is 0 Å². The molecule has 0 aromatic rings. The van der Waals surface area contributed by atoms with E-state index < -0.39 is 0 Å². The molecule has 2 aliphatic rings. The average molecular weight is 182 g/mol. The van der Waals surface area contributed by atoms with E-state index in [4.69, 9.17) is 0 Å². The van der Waals surface area contributed by atoms with Gasteiger partial charge in [-0.05, 0) is 49.7 Å². The summed E-state index contributed by atoms with van der Waals surface area (Å²) in [5, 5.41) is 7.11. The maximum atomic E-state index is 3.58. The van der Waals surface area contributed by atoms with Crippen molar-refractivity contribution in [3.8, 4) is 0 Å². The van der Waals surface area contributed by atoms with Gasteiger partial charge in [0.25, 0.3) is 0 Å². The Morgan fingerprint density at radius 1 is 1.46 bits per heavy atom. The lowest BCUT2D eigenvalue weighted by atomic mass is 9.93. The first-order chi connectivity index (χ1) is 6.23. The van der Waals surface area contributed by atoms with E-state index in [-0.39, 0.29) is 0 Å². The second-order valence-corrected chi connectivity index (χ2v) is 5.24. The lowest BCUT2D eigenvalue weighted by Crippen LogP contribution is -2.31. The normalized spacial score (nSPS) is 30.2. The fourth-order valence-electron chi connectivity index (χ4n) is 2.44. The Bertz CT molecular complexity index is 173. The van der Waals surface area contributed by atoms with E-state index in [1.165, 1.54) is 39.0 Å². The molecule has 0 amide bonds. The molecule has 1 atom stereocenters. The highest BCUT2D eigenvalue weighted by molar-refractivity contribution is 5.05. The summed E-state index contributed by atoms with van der Waals surface area (Å²) >= 11 is 0. The maximum Gasteiger partial charge on any atom is 0.00116 e. The third-order valence-electron chi connectivity index (χ3n) is 3.57. The molecule has 1 saturated carbocycles. The van der Waals surface area contributed by atoms with Crippen LogP contribution in [0.4, 0.5) is 0 Å². The van der Waals surface area contributed by atoms with Gasteiger partial charge in [-0.3, -0.25) is 0 Å². The van der Waals surface area contributed by atoms with E-state index >= 15 is 0 Å². The van der Waals surface area contributed by atoms with Gasteiger partial charge in [-0.15, -0.1) is 0 Å². The van der Waals surface area contributed by atoms with E-state index in [1.54, 1.807) is 0 Å². The lowest BCUT2D eigenvalue weighted by molar-refractivity contribution is 0.366. The summed E-state index contributed by atoms with van der Waals surface area (Å²) in [7, 11) is 0. The molecule has 76 valence electrons. The Balaban J connectivity index is 1.70. The average Bonchev–Trinajstić information content (AvgIpc) is 2.71. The summed E-state index contributed by atoms with van der Waals surface area (Å²) < 4.78 is 0. The van der Waals surface area contributed by atoms with Gasteiger partial charge < -0.3 is 10.6 Å². The molecule has 1 spiro atoms. The van der Waals surface area contributed by atoms with Gasteiger partial charge >= 0.3 is 0 Å². The van der Waals surface area contributed by atoms with Crippen LogP contribution in [0, 0.1) is 17.3 Å². The number of hydrogen-bond donors (Lipinski definition) is 2. The molecule has 0 aromatic carbocycles. The SMILES string of the molecule is CC(C)CNCC1CNCC12CC2. The summed E-state index contributed by atoms with van der Waals surface area (Å²) in [6, 6.07) is 0. The Hall–Kier alpha value is -0.0800. The quantitative estimate of drug-likeness (QED) is 0.683. The predicted octanol–water partition coefficient (Wildman–Crippen LogP) is 1.23. The van der Waals surface area contributed by atoms with E-state index in [0.29, 0.717) is 0 Å². The Kier molecular flexibility index (Phi) is 2.61. The van der Waals surface area contributed by atoms with E-state index in [2.05, 4.69) is 24.5 Å². The smallest absolute Gasteiger partial charge is 0.00116 e. The molecule has 0 bridgehead atoms. The topological polar surface area (TPSA) is 24.1 Å². The summed E-state index contributed by atoms with van der Waals surface area (Å²) in [6.07, 6.45) is 2.93. The van der Waals surface area contributed by atoms with Gasteiger partial charge in [0.2, 0.25) is 0 Å². The molecule has 1 unspecified atom stereocenters. The largest absolute Gasteiger partial charge is 0.316 e. The van der Waals surface area contributed by atoms with Gasteiger partial charge in [-0.2, -0.15) is 0 Å². The molecule has 2 fully saturated rings. The Labute approximate surface area is 81.5 Å². The molecule has 2 nitrogen and oxygen atoms in total. The second kappa shape index (κ2) is 3.58. The molecule has 0 aromatic heterocycles. The van der Waals surface area contributed by atoms with Gasteiger partial charge in [0.05, 0.1) is 0 Å². The van der Waals surface area contributed by atoms with E-state index in [1.807, 2.05) is 0 Å². The van der Waals surface area contributed by atoms with Crippen LogP contribution in [0.2, 0.25) is 0 Å². The van der Waals surface area contributed by atoms with Crippen molar-refractivity contribution in [3.63, 3.8) is 0 Å². The zero-order valence-corrected chi connectivity index (χ0v) is 8.90. The standard InChI is InChI=1S/C11H22N2/c1-9(2)5-12-6-10-7-13-8-11(10)3-4-11/h9-10,12-13H,3-8H2,1-2H3. The Morgan fingerprint density at radius 3 is 2.85 bits per heavy atom. The maximum absolute atomic E-state index is 3.58. The van der Waals surface area contributed by atoms with Crippen LogP contribution in [0.3, 0.4) is 0 Å². The van der Waals surface area contributed by atoms with Gasteiger partial charge in [0.15, 0.2) is 0 Å². The molecule has 2 heteroatoms. The molecule has 0 radical (unpaired) electrons. The van der Waals surface area contributed by atoms with Crippen molar-refractivity contribution < 1.29 is 0 Å². The van der Waals surface area contributed by atoms with Crippen LogP contribution in [-0.2, 0) is 0 Å². The van der Waals surface area contributed by atoms with Crippen LogP contribution in [0.15, 0.2) is 0 Å². The second-order valence-electron chi connectivity index (χ2n) is 5.24. The first kappa shape index (κ1) is 9.47. The molecular formula is C11H22N2. The third kappa shape index (κ3) is 2.05. The molecule has 1 saturated heterocycles. The summed E-state index contributed by atoms with van der Waals surface area (Å²) in [6.45, 7) is 9.46. The van der Waals surface area contributed by atoms with Crippen molar-refractivity contribution in [3.05, 3.63) is 0 Å². The minimum atomic E-state index is 0.726. The zero-order chi connectivity index (χ0) is 9.31. The molecular weight excluding hydrogens is 160 g/mol. The number of hydrogen-bond acceptors (Lipinski definition) is 2. The van der Waals surface area contributed by atoms with Crippen LogP contribution >= 0.6 is 0 Å². The molecule has 1 aliphatic heterocycles. The van der Waals surface area contributed by atoms with Crippen molar-refractivity contribution in [1.82, 2.24) is 10.6 Å². The molecule has 1 heterocycles. The summed E-state index contributed by atoms with van der Waals surface area (Å²) in [5.74, 6) is 1.69. The van der Waals surface area contributed by atoms with Crippen molar-refractivity contribution in [1.29, 1.82) is 0 Å². The van der Waals surface area contributed by atoms with Gasteiger partial charge in [-0.25, -0.2) is 0 Å². The molecule has 2 rings (SSSR count). The number of rotatable bonds is 4. The fraction of sp³-hybridized carbons (Fsp3) is 1.00. The first-order valence-electron chi connectivity index (χ1n) is 5.64. The predicted molar refractivity (Wildman–Crippen MR) is 55.7 cm³/mol. The third-order valence-corrected chi connectivity index (χ3v) is 3.57. The van der Waals surface area contributed by atoms with Crippen molar-refractivity contribution in [2.75, 3.05) is 26.2 Å².